The average Bonchev–Trinajstić information content (AvgIpc) is 2.84. The Hall–Kier alpha value is -1.66. The molecule has 0 bridgehead atoms. The zero-order chi connectivity index (χ0) is 13.1. The van der Waals surface area contributed by atoms with E-state index >= 15 is 0 Å². The lowest BCUT2D eigenvalue weighted by Crippen LogP contribution is -2.45. The van der Waals surface area contributed by atoms with Gasteiger partial charge in [-0.2, -0.15) is 4.98 Å². The van der Waals surface area contributed by atoms with Crippen LogP contribution in [0.3, 0.4) is 0 Å². The fraction of sp³-hybridized carbons (Fsp3) is 0.538. The first-order chi connectivity index (χ1) is 9.33. The number of aromatic nitrogens is 3. The molecule has 1 aliphatic rings. The lowest BCUT2D eigenvalue weighted by molar-refractivity contribution is 0.249. The highest BCUT2D eigenvalue weighted by atomic mass is 15.3. The maximum absolute atomic E-state index is 4.50. The Bertz CT molecular complexity index is 543. The molecule has 0 atom stereocenters. The zero-order valence-electron chi connectivity index (χ0n) is 11.3. The second-order valence-electron chi connectivity index (χ2n) is 4.91. The zero-order valence-corrected chi connectivity index (χ0v) is 11.3. The van der Waals surface area contributed by atoms with E-state index < -0.39 is 0 Å². The molecule has 3 heterocycles. The molecule has 1 saturated heterocycles. The van der Waals surface area contributed by atoms with E-state index in [2.05, 4.69) is 38.6 Å². The first-order valence-electron chi connectivity index (χ1n) is 6.82. The molecule has 0 saturated carbocycles. The van der Waals surface area contributed by atoms with Crippen LogP contribution in [0.25, 0.3) is 5.65 Å². The Balaban J connectivity index is 1.57. The summed E-state index contributed by atoms with van der Waals surface area (Å²) in [5.41, 5.74) is 2.07. The highest BCUT2D eigenvalue weighted by Gasteiger charge is 2.09. The van der Waals surface area contributed by atoms with Crippen LogP contribution < -0.4 is 10.6 Å². The quantitative estimate of drug-likeness (QED) is 0.831. The molecule has 2 N–H and O–H groups in total. The van der Waals surface area contributed by atoms with Gasteiger partial charge in [-0.1, -0.05) is 6.07 Å². The van der Waals surface area contributed by atoms with Crippen LogP contribution in [0.4, 0.5) is 5.95 Å². The summed E-state index contributed by atoms with van der Waals surface area (Å²) in [5, 5.41) is 11.1. The van der Waals surface area contributed by atoms with Crippen molar-refractivity contribution in [3.63, 3.8) is 0 Å². The lowest BCUT2D eigenvalue weighted by atomic mass is 10.3. The van der Waals surface area contributed by atoms with Gasteiger partial charge in [0.2, 0.25) is 5.95 Å². The second kappa shape index (κ2) is 5.54. The van der Waals surface area contributed by atoms with Crippen molar-refractivity contribution in [1.82, 2.24) is 24.8 Å². The van der Waals surface area contributed by atoms with Crippen molar-refractivity contribution in [1.29, 1.82) is 0 Å². The van der Waals surface area contributed by atoms with Crippen LogP contribution >= 0.6 is 0 Å². The van der Waals surface area contributed by atoms with Crippen LogP contribution in [0.5, 0.6) is 0 Å². The number of fused-ring (bicyclic) bond motifs is 1. The van der Waals surface area contributed by atoms with Gasteiger partial charge in [-0.25, -0.2) is 4.52 Å². The summed E-state index contributed by atoms with van der Waals surface area (Å²) < 4.78 is 1.82. The number of hydrogen-bond donors (Lipinski definition) is 2. The van der Waals surface area contributed by atoms with Gasteiger partial charge in [-0.3, -0.25) is 4.90 Å². The van der Waals surface area contributed by atoms with E-state index in [4.69, 9.17) is 0 Å². The molecule has 0 unspecified atom stereocenters. The largest absolute Gasteiger partial charge is 0.352 e. The number of rotatable bonds is 4. The highest BCUT2D eigenvalue weighted by Crippen LogP contribution is 2.09. The average molecular weight is 260 g/mol. The fourth-order valence-electron chi connectivity index (χ4n) is 2.37. The van der Waals surface area contributed by atoms with E-state index in [-0.39, 0.29) is 0 Å². The summed E-state index contributed by atoms with van der Waals surface area (Å²) >= 11 is 0. The molecule has 0 aliphatic carbocycles. The molecule has 0 aromatic carbocycles. The van der Waals surface area contributed by atoms with Gasteiger partial charge in [0.1, 0.15) is 0 Å². The first kappa shape index (κ1) is 12.4. The van der Waals surface area contributed by atoms with Crippen LogP contribution in [0.2, 0.25) is 0 Å². The summed E-state index contributed by atoms with van der Waals surface area (Å²) in [6.07, 6.45) is 1.93. The summed E-state index contributed by atoms with van der Waals surface area (Å²) in [6.45, 7) is 8.40. The molecule has 0 amide bonds. The van der Waals surface area contributed by atoms with Crippen LogP contribution in [-0.2, 0) is 0 Å². The normalized spacial score (nSPS) is 16.9. The van der Waals surface area contributed by atoms with Crippen molar-refractivity contribution >= 4 is 11.6 Å². The molecule has 102 valence electrons. The number of piperazine rings is 1. The topological polar surface area (TPSA) is 57.5 Å². The molecule has 1 aliphatic heterocycles. The Morgan fingerprint density at radius 2 is 2.21 bits per heavy atom. The van der Waals surface area contributed by atoms with Gasteiger partial charge in [0.15, 0.2) is 5.65 Å². The number of nitrogens with zero attached hydrogens (tertiary/aromatic N) is 4. The van der Waals surface area contributed by atoms with Gasteiger partial charge in [0, 0.05) is 45.5 Å². The fourth-order valence-corrected chi connectivity index (χ4v) is 2.37. The predicted molar refractivity (Wildman–Crippen MR) is 75.5 cm³/mol. The van der Waals surface area contributed by atoms with Gasteiger partial charge >= 0.3 is 0 Å². The molecule has 1 fully saturated rings. The van der Waals surface area contributed by atoms with Crippen molar-refractivity contribution < 1.29 is 0 Å². The van der Waals surface area contributed by atoms with E-state index in [1.807, 2.05) is 16.8 Å². The van der Waals surface area contributed by atoms with E-state index in [9.17, 15) is 0 Å². The maximum Gasteiger partial charge on any atom is 0.243 e. The van der Waals surface area contributed by atoms with E-state index in [0.29, 0.717) is 5.95 Å². The molecule has 6 heteroatoms. The van der Waals surface area contributed by atoms with Gasteiger partial charge in [0.05, 0.1) is 0 Å². The number of aryl methyl sites for hydroxylation is 1. The minimum Gasteiger partial charge on any atom is -0.352 e. The smallest absolute Gasteiger partial charge is 0.243 e. The van der Waals surface area contributed by atoms with E-state index in [1.165, 1.54) is 0 Å². The Morgan fingerprint density at radius 1 is 1.37 bits per heavy atom. The van der Waals surface area contributed by atoms with Crippen LogP contribution in [0, 0.1) is 6.92 Å². The monoisotopic (exact) mass is 260 g/mol. The predicted octanol–water partition coefficient (Wildman–Crippen LogP) is 0.355. The lowest BCUT2D eigenvalue weighted by Gasteiger charge is -2.26. The summed E-state index contributed by atoms with van der Waals surface area (Å²) in [7, 11) is 0. The number of hydrogen-bond acceptors (Lipinski definition) is 5. The highest BCUT2D eigenvalue weighted by molar-refractivity contribution is 5.49. The number of anilines is 1. The Labute approximate surface area is 112 Å². The molecule has 0 radical (unpaired) electrons. The van der Waals surface area contributed by atoms with Gasteiger partial charge < -0.3 is 10.6 Å². The molecule has 6 nitrogen and oxygen atoms in total. The third kappa shape index (κ3) is 2.85. The van der Waals surface area contributed by atoms with Crippen molar-refractivity contribution in [2.75, 3.05) is 44.6 Å². The minimum atomic E-state index is 0.712. The minimum absolute atomic E-state index is 0.712. The van der Waals surface area contributed by atoms with Crippen molar-refractivity contribution in [2.45, 2.75) is 6.92 Å². The first-order valence-corrected chi connectivity index (χ1v) is 6.82. The molecule has 2 aromatic rings. The van der Waals surface area contributed by atoms with Gasteiger partial charge in [-0.05, 0) is 18.6 Å². The van der Waals surface area contributed by atoms with Gasteiger partial charge in [0.25, 0.3) is 0 Å². The summed E-state index contributed by atoms with van der Waals surface area (Å²) in [4.78, 5) is 6.95. The molecular weight excluding hydrogens is 240 g/mol. The standard InChI is InChI=1S/C13H20N6/c1-11-3-2-7-19-12(11)16-13(17-19)15-6-10-18-8-4-14-5-9-18/h2-3,7,14H,4-6,8-10H2,1H3,(H,15,17). The van der Waals surface area contributed by atoms with Crippen molar-refractivity contribution in [3.05, 3.63) is 23.9 Å². The van der Waals surface area contributed by atoms with E-state index in [0.717, 1.165) is 50.5 Å². The molecule has 19 heavy (non-hydrogen) atoms. The molecule has 2 aromatic heterocycles. The molecule has 3 rings (SSSR count). The van der Waals surface area contributed by atoms with Gasteiger partial charge in [-0.15, -0.1) is 5.10 Å². The van der Waals surface area contributed by atoms with E-state index in [1.54, 1.807) is 0 Å². The molecular formula is C13H20N6. The number of pyridine rings is 1. The van der Waals surface area contributed by atoms with Crippen molar-refractivity contribution in [2.24, 2.45) is 0 Å². The van der Waals surface area contributed by atoms with Crippen LogP contribution in [0.1, 0.15) is 5.56 Å². The summed E-state index contributed by atoms with van der Waals surface area (Å²) in [5.74, 6) is 0.712. The van der Waals surface area contributed by atoms with Crippen LogP contribution in [-0.4, -0.2) is 58.8 Å². The Morgan fingerprint density at radius 3 is 3.00 bits per heavy atom. The third-order valence-electron chi connectivity index (χ3n) is 3.48. The molecule has 0 spiro atoms. The summed E-state index contributed by atoms with van der Waals surface area (Å²) in [6, 6.07) is 4.04. The van der Waals surface area contributed by atoms with Crippen LogP contribution in [0.15, 0.2) is 18.3 Å². The maximum atomic E-state index is 4.50. The SMILES string of the molecule is Cc1cccn2nc(NCCN3CCNCC3)nc12. The Kier molecular flexibility index (Phi) is 3.61. The third-order valence-corrected chi connectivity index (χ3v) is 3.48. The second-order valence-corrected chi connectivity index (χ2v) is 4.91. The van der Waals surface area contributed by atoms with Crippen molar-refractivity contribution in [3.8, 4) is 0 Å². The number of nitrogens with one attached hydrogen (secondary N) is 2.